The third-order valence-corrected chi connectivity index (χ3v) is 4.27. The van der Waals surface area contributed by atoms with Crippen molar-refractivity contribution in [1.29, 1.82) is 0 Å². The number of thioether (sulfide) groups is 1. The molecular weight excluding hydrogens is 212 g/mol. The van der Waals surface area contributed by atoms with Crippen LogP contribution < -0.4 is 0 Å². The van der Waals surface area contributed by atoms with Gasteiger partial charge in [0.15, 0.2) is 0 Å². The van der Waals surface area contributed by atoms with Crippen molar-refractivity contribution in [1.82, 2.24) is 0 Å². The second-order valence-electron chi connectivity index (χ2n) is 4.85. The van der Waals surface area contributed by atoms with E-state index in [4.69, 9.17) is 0 Å². The fraction of sp³-hybridized carbons (Fsp3) is 0.600. The summed E-state index contributed by atoms with van der Waals surface area (Å²) in [4.78, 5) is 0. The number of benzene rings is 1. The minimum atomic E-state index is 0.698. The van der Waals surface area contributed by atoms with E-state index in [9.17, 15) is 0 Å². The second kappa shape index (κ2) is 6.34. The average Bonchev–Trinajstić information content (AvgIpc) is 2.23. The fourth-order valence-corrected chi connectivity index (χ4v) is 2.98. The summed E-state index contributed by atoms with van der Waals surface area (Å²) in [6, 6.07) is 6.94. The van der Waals surface area contributed by atoms with Crippen molar-refractivity contribution < 1.29 is 0 Å². The van der Waals surface area contributed by atoms with Crippen LogP contribution in [-0.4, -0.2) is 11.5 Å². The Morgan fingerprint density at radius 3 is 2.31 bits per heavy atom. The molecule has 0 aromatic heterocycles. The average molecular weight is 236 g/mol. The maximum Gasteiger partial charge on any atom is 0.000383 e. The quantitative estimate of drug-likeness (QED) is 0.708. The van der Waals surface area contributed by atoms with Gasteiger partial charge in [0.2, 0.25) is 0 Å². The predicted octanol–water partition coefficient (Wildman–Crippen LogP) is 4.80. The molecule has 0 amide bonds. The van der Waals surface area contributed by atoms with Crippen molar-refractivity contribution in [2.24, 2.45) is 5.92 Å². The standard InChI is InChI=1S/C15H24S/c1-6-16-10-15(11(2)3)14-8-7-12(4)13(5)9-14/h7-9,11,15H,6,10H2,1-5H3. The van der Waals surface area contributed by atoms with Gasteiger partial charge in [0, 0.05) is 5.75 Å². The summed E-state index contributed by atoms with van der Waals surface area (Å²) in [5, 5.41) is 0. The van der Waals surface area contributed by atoms with Crippen LogP contribution in [0.2, 0.25) is 0 Å². The van der Waals surface area contributed by atoms with Gasteiger partial charge < -0.3 is 0 Å². The molecule has 0 spiro atoms. The highest BCUT2D eigenvalue weighted by atomic mass is 32.2. The summed E-state index contributed by atoms with van der Waals surface area (Å²) in [6.45, 7) is 11.3. The summed E-state index contributed by atoms with van der Waals surface area (Å²) in [5.74, 6) is 3.88. The molecule has 0 saturated carbocycles. The Bertz CT molecular complexity index is 328. The van der Waals surface area contributed by atoms with Crippen LogP contribution in [-0.2, 0) is 0 Å². The van der Waals surface area contributed by atoms with Crippen molar-refractivity contribution in [2.75, 3.05) is 11.5 Å². The minimum Gasteiger partial charge on any atom is -0.162 e. The largest absolute Gasteiger partial charge is 0.162 e. The van der Waals surface area contributed by atoms with Crippen molar-refractivity contribution in [3.05, 3.63) is 34.9 Å². The first-order valence-electron chi connectivity index (χ1n) is 6.21. The summed E-state index contributed by atoms with van der Waals surface area (Å²) in [7, 11) is 0. The molecule has 1 heteroatoms. The van der Waals surface area contributed by atoms with Crippen molar-refractivity contribution >= 4 is 11.8 Å². The topological polar surface area (TPSA) is 0 Å². The molecule has 90 valence electrons. The number of hydrogen-bond acceptors (Lipinski definition) is 1. The molecule has 0 N–H and O–H groups in total. The number of hydrogen-bond donors (Lipinski definition) is 0. The highest BCUT2D eigenvalue weighted by molar-refractivity contribution is 7.99. The fourth-order valence-electron chi connectivity index (χ4n) is 1.91. The van der Waals surface area contributed by atoms with E-state index in [0.717, 1.165) is 5.92 Å². The third kappa shape index (κ3) is 3.55. The molecule has 0 aliphatic carbocycles. The first kappa shape index (κ1) is 13.6. The van der Waals surface area contributed by atoms with Crippen molar-refractivity contribution in [3.63, 3.8) is 0 Å². The zero-order valence-corrected chi connectivity index (χ0v) is 12.0. The molecule has 0 fully saturated rings. The van der Waals surface area contributed by atoms with Crippen LogP contribution in [0.5, 0.6) is 0 Å². The molecule has 1 aromatic rings. The molecule has 0 nitrogen and oxygen atoms in total. The Balaban J connectivity index is 2.88. The van der Waals surface area contributed by atoms with Gasteiger partial charge in [-0.05, 0) is 48.1 Å². The first-order chi connectivity index (χ1) is 7.56. The summed E-state index contributed by atoms with van der Waals surface area (Å²) in [5.41, 5.74) is 4.33. The molecular formula is C15H24S. The van der Waals surface area contributed by atoms with Crippen LogP contribution in [0.15, 0.2) is 18.2 Å². The zero-order valence-electron chi connectivity index (χ0n) is 11.2. The molecule has 1 atom stereocenters. The Labute approximate surface area is 105 Å². The Kier molecular flexibility index (Phi) is 5.40. The molecule has 1 unspecified atom stereocenters. The molecule has 0 saturated heterocycles. The van der Waals surface area contributed by atoms with E-state index >= 15 is 0 Å². The van der Waals surface area contributed by atoms with E-state index in [2.05, 4.69) is 52.8 Å². The monoisotopic (exact) mass is 236 g/mol. The molecule has 1 rings (SSSR count). The van der Waals surface area contributed by atoms with Crippen LogP contribution in [0.1, 0.15) is 43.4 Å². The Hall–Kier alpha value is -0.430. The molecule has 0 aliphatic heterocycles. The van der Waals surface area contributed by atoms with Crippen molar-refractivity contribution in [2.45, 2.75) is 40.5 Å². The summed E-state index contributed by atoms with van der Waals surface area (Å²) >= 11 is 2.05. The number of aryl methyl sites for hydroxylation is 2. The highest BCUT2D eigenvalue weighted by Crippen LogP contribution is 2.29. The molecule has 0 radical (unpaired) electrons. The molecule has 0 heterocycles. The van der Waals surface area contributed by atoms with E-state index < -0.39 is 0 Å². The van der Waals surface area contributed by atoms with E-state index in [0.29, 0.717) is 5.92 Å². The smallest absolute Gasteiger partial charge is 0.000383 e. The van der Waals surface area contributed by atoms with Gasteiger partial charge in [0.1, 0.15) is 0 Å². The van der Waals surface area contributed by atoms with E-state index in [1.165, 1.54) is 28.2 Å². The van der Waals surface area contributed by atoms with Gasteiger partial charge in [0.05, 0.1) is 0 Å². The Morgan fingerprint density at radius 1 is 1.12 bits per heavy atom. The summed E-state index contributed by atoms with van der Waals surface area (Å²) in [6.07, 6.45) is 0. The van der Waals surface area contributed by atoms with Crippen LogP contribution in [0.25, 0.3) is 0 Å². The minimum absolute atomic E-state index is 0.698. The Morgan fingerprint density at radius 2 is 1.81 bits per heavy atom. The highest BCUT2D eigenvalue weighted by Gasteiger charge is 2.15. The summed E-state index contributed by atoms with van der Waals surface area (Å²) < 4.78 is 0. The lowest BCUT2D eigenvalue weighted by Gasteiger charge is -2.21. The molecule has 0 bridgehead atoms. The lowest BCUT2D eigenvalue weighted by molar-refractivity contribution is 0.541. The normalized spacial score (nSPS) is 13.1. The van der Waals surface area contributed by atoms with Crippen LogP contribution in [0, 0.1) is 19.8 Å². The van der Waals surface area contributed by atoms with Gasteiger partial charge in [-0.1, -0.05) is 39.0 Å². The lowest BCUT2D eigenvalue weighted by Crippen LogP contribution is -2.10. The molecule has 1 aromatic carbocycles. The van der Waals surface area contributed by atoms with Crippen LogP contribution in [0.4, 0.5) is 0 Å². The van der Waals surface area contributed by atoms with Gasteiger partial charge in [-0.2, -0.15) is 11.8 Å². The van der Waals surface area contributed by atoms with E-state index in [1.807, 2.05) is 11.8 Å². The van der Waals surface area contributed by atoms with Crippen LogP contribution >= 0.6 is 11.8 Å². The van der Waals surface area contributed by atoms with Gasteiger partial charge in [0.25, 0.3) is 0 Å². The zero-order chi connectivity index (χ0) is 12.1. The first-order valence-corrected chi connectivity index (χ1v) is 7.36. The SMILES string of the molecule is CCSCC(c1ccc(C)c(C)c1)C(C)C. The third-order valence-electron chi connectivity index (χ3n) is 3.27. The van der Waals surface area contributed by atoms with Gasteiger partial charge >= 0.3 is 0 Å². The maximum atomic E-state index is 2.37. The van der Waals surface area contributed by atoms with Gasteiger partial charge in [-0.3, -0.25) is 0 Å². The predicted molar refractivity (Wildman–Crippen MR) is 76.5 cm³/mol. The second-order valence-corrected chi connectivity index (χ2v) is 6.17. The van der Waals surface area contributed by atoms with Gasteiger partial charge in [-0.15, -0.1) is 0 Å². The molecule has 0 aliphatic rings. The molecule has 16 heavy (non-hydrogen) atoms. The van der Waals surface area contributed by atoms with E-state index in [-0.39, 0.29) is 0 Å². The van der Waals surface area contributed by atoms with Crippen LogP contribution in [0.3, 0.4) is 0 Å². The number of rotatable bonds is 5. The van der Waals surface area contributed by atoms with E-state index in [1.54, 1.807) is 0 Å². The van der Waals surface area contributed by atoms with Gasteiger partial charge in [-0.25, -0.2) is 0 Å². The van der Waals surface area contributed by atoms with Crippen molar-refractivity contribution in [3.8, 4) is 0 Å². The lowest BCUT2D eigenvalue weighted by atomic mass is 9.88. The maximum absolute atomic E-state index is 2.37.